The predicted octanol–water partition coefficient (Wildman–Crippen LogP) is 2.52. The predicted molar refractivity (Wildman–Crippen MR) is 82.0 cm³/mol. The van der Waals surface area contributed by atoms with E-state index < -0.39 is 5.97 Å². The van der Waals surface area contributed by atoms with Gasteiger partial charge in [-0.1, -0.05) is 0 Å². The molecule has 21 heavy (non-hydrogen) atoms. The van der Waals surface area contributed by atoms with Crippen LogP contribution in [0.25, 0.3) is 6.08 Å². The largest absolute Gasteiger partial charge is 0.478 e. The number of carboxylic acids is 1. The van der Waals surface area contributed by atoms with Crippen LogP contribution in [0.2, 0.25) is 0 Å². The van der Waals surface area contributed by atoms with E-state index in [1.807, 2.05) is 32.2 Å². The third kappa shape index (κ3) is 4.14. The molecule has 2 aromatic rings. The van der Waals surface area contributed by atoms with Crippen LogP contribution < -0.4 is 4.90 Å². The molecular formula is C16H17N3O2. The van der Waals surface area contributed by atoms with Gasteiger partial charge in [-0.05, 0) is 47.9 Å². The molecule has 0 bridgehead atoms. The van der Waals surface area contributed by atoms with Gasteiger partial charge in [0.1, 0.15) is 5.82 Å². The summed E-state index contributed by atoms with van der Waals surface area (Å²) in [5.74, 6) is -0.0918. The molecule has 0 aliphatic heterocycles. The first-order chi connectivity index (χ1) is 10.1. The Morgan fingerprint density at radius 1 is 1.38 bits per heavy atom. The lowest BCUT2D eigenvalue weighted by molar-refractivity contribution is -0.131. The van der Waals surface area contributed by atoms with Gasteiger partial charge < -0.3 is 10.0 Å². The van der Waals surface area contributed by atoms with Gasteiger partial charge in [-0.2, -0.15) is 0 Å². The number of aliphatic carboxylic acids is 1. The topological polar surface area (TPSA) is 66.3 Å². The fourth-order valence-corrected chi connectivity index (χ4v) is 2.08. The second kappa shape index (κ2) is 6.65. The maximum atomic E-state index is 10.5. The summed E-state index contributed by atoms with van der Waals surface area (Å²) in [5, 5.41) is 8.63. The monoisotopic (exact) mass is 283 g/mol. The number of pyridine rings is 2. The van der Waals surface area contributed by atoms with Gasteiger partial charge in [0.25, 0.3) is 0 Å². The van der Waals surface area contributed by atoms with Crippen LogP contribution in [0.3, 0.4) is 0 Å². The zero-order valence-electron chi connectivity index (χ0n) is 12.0. The normalized spacial score (nSPS) is 10.8. The Balaban J connectivity index is 2.15. The van der Waals surface area contributed by atoms with Gasteiger partial charge in [-0.25, -0.2) is 9.78 Å². The highest BCUT2D eigenvalue weighted by molar-refractivity contribution is 5.85. The van der Waals surface area contributed by atoms with Gasteiger partial charge in [0.15, 0.2) is 0 Å². The SMILES string of the molecule is Cc1cc(/C=C/C(=O)O)cnc1N(C)Cc1ccncc1. The van der Waals surface area contributed by atoms with Crippen molar-refractivity contribution < 1.29 is 9.90 Å². The van der Waals surface area contributed by atoms with Gasteiger partial charge in [-0.15, -0.1) is 0 Å². The standard InChI is InChI=1S/C16H17N3O2/c1-12-9-14(3-4-15(20)21)10-18-16(12)19(2)11-13-5-7-17-8-6-13/h3-10H,11H2,1-2H3,(H,20,21)/b4-3+. The van der Waals surface area contributed by atoms with E-state index in [0.717, 1.165) is 35.1 Å². The molecule has 1 N–H and O–H groups in total. The van der Waals surface area contributed by atoms with Crippen molar-refractivity contribution in [3.8, 4) is 0 Å². The summed E-state index contributed by atoms with van der Waals surface area (Å²) >= 11 is 0. The van der Waals surface area contributed by atoms with Crippen molar-refractivity contribution in [2.45, 2.75) is 13.5 Å². The van der Waals surface area contributed by atoms with Crippen LogP contribution in [-0.4, -0.2) is 28.1 Å². The highest BCUT2D eigenvalue weighted by Gasteiger charge is 2.07. The Hall–Kier alpha value is -2.69. The molecule has 2 rings (SSSR count). The summed E-state index contributed by atoms with van der Waals surface area (Å²) in [6.07, 6.45) is 7.85. The number of aromatic nitrogens is 2. The summed E-state index contributed by atoms with van der Waals surface area (Å²) < 4.78 is 0. The zero-order valence-corrected chi connectivity index (χ0v) is 12.0. The van der Waals surface area contributed by atoms with E-state index in [9.17, 15) is 4.79 Å². The van der Waals surface area contributed by atoms with Crippen molar-refractivity contribution >= 4 is 17.9 Å². The molecule has 108 valence electrons. The van der Waals surface area contributed by atoms with Gasteiger partial charge in [-0.3, -0.25) is 4.98 Å². The number of anilines is 1. The number of hydrogen-bond acceptors (Lipinski definition) is 4. The maximum absolute atomic E-state index is 10.5. The minimum absolute atomic E-state index is 0.737. The summed E-state index contributed by atoms with van der Waals surface area (Å²) in [6, 6.07) is 5.86. The maximum Gasteiger partial charge on any atom is 0.328 e. The lowest BCUT2D eigenvalue weighted by Crippen LogP contribution is -2.18. The highest BCUT2D eigenvalue weighted by Crippen LogP contribution is 2.19. The second-order valence-corrected chi connectivity index (χ2v) is 4.79. The third-order valence-corrected chi connectivity index (χ3v) is 3.02. The molecule has 0 aliphatic carbocycles. The van der Waals surface area contributed by atoms with E-state index in [1.54, 1.807) is 18.6 Å². The summed E-state index contributed by atoms with van der Waals surface area (Å²) in [6.45, 7) is 2.70. The summed E-state index contributed by atoms with van der Waals surface area (Å²) in [5.41, 5.74) is 2.93. The van der Waals surface area contributed by atoms with E-state index in [2.05, 4.69) is 14.9 Å². The molecule has 0 spiro atoms. The third-order valence-electron chi connectivity index (χ3n) is 3.02. The Kier molecular flexibility index (Phi) is 4.66. The van der Waals surface area contributed by atoms with Crippen molar-refractivity contribution in [1.82, 2.24) is 9.97 Å². The van der Waals surface area contributed by atoms with Crippen molar-refractivity contribution in [2.75, 3.05) is 11.9 Å². The first-order valence-corrected chi connectivity index (χ1v) is 6.54. The Morgan fingerprint density at radius 3 is 2.71 bits per heavy atom. The van der Waals surface area contributed by atoms with Crippen LogP contribution in [0.4, 0.5) is 5.82 Å². The minimum Gasteiger partial charge on any atom is -0.478 e. The average Bonchev–Trinajstić information content (AvgIpc) is 2.46. The average molecular weight is 283 g/mol. The molecule has 0 amide bonds. The van der Waals surface area contributed by atoms with E-state index in [4.69, 9.17) is 5.11 Å². The molecule has 0 aromatic carbocycles. The zero-order chi connectivity index (χ0) is 15.2. The number of carbonyl (C=O) groups is 1. The Labute approximate surface area is 123 Å². The van der Waals surface area contributed by atoms with Crippen molar-refractivity contribution in [3.05, 3.63) is 59.6 Å². The van der Waals surface area contributed by atoms with E-state index in [-0.39, 0.29) is 0 Å². The van der Waals surface area contributed by atoms with Crippen LogP contribution in [-0.2, 0) is 11.3 Å². The Bertz CT molecular complexity index is 654. The van der Waals surface area contributed by atoms with E-state index in [0.29, 0.717) is 0 Å². The summed E-state index contributed by atoms with van der Waals surface area (Å²) in [7, 11) is 1.97. The first kappa shape index (κ1) is 14.7. The molecule has 0 saturated carbocycles. The molecule has 0 saturated heterocycles. The number of aryl methyl sites for hydroxylation is 1. The Morgan fingerprint density at radius 2 is 2.10 bits per heavy atom. The van der Waals surface area contributed by atoms with Crippen LogP contribution in [0.5, 0.6) is 0 Å². The van der Waals surface area contributed by atoms with Gasteiger partial charge in [0, 0.05) is 38.3 Å². The number of rotatable bonds is 5. The molecule has 5 nitrogen and oxygen atoms in total. The fourth-order valence-electron chi connectivity index (χ4n) is 2.08. The van der Waals surface area contributed by atoms with Crippen molar-refractivity contribution in [2.24, 2.45) is 0 Å². The molecule has 0 atom stereocenters. The van der Waals surface area contributed by atoms with Crippen LogP contribution in [0, 0.1) is 6.92 Å². The molecule has 5 heteroatoms. The number of carboxylic acid groups (broad SMARTS) is 1. The first-order valence-electron chi connectivity index (χ1n) is 6.54. The van der Waals surface area contributed by atoms with Crippen molar-refractivity contribution in [3.63, 3.8) is 0 Å². The smallest absolute Gasteiger partial charge is 0.328 e. The van der Waals surface area contributed by atoms with Gasteiger partial charge in [0.2, 0.25) is 0 Å². The lowest BCUT2D eigenvalue weighted by Gasteiger charge is -2.20. The van der Waals surface area contributed by atoms with E-state index >= 15 is 0 Å². The minimum atomic E-state index is -0.966. The molecular weight excluding hydrogens is 266 g/mol. The highest BCUT2D eigenvalue weighted by atomic mass is 16.4. The molecule has 2 aromatic heterocycles. The number of nitrogens with zero attached hydrogens (tertiary/aromatic N) is 3. The number of hydrogen-bond donors (Lipinski definition) is 1. The van der Waals surface area contributed by atoms with Crippen LogP contribution in [0.1, 0.15) is 16.7 Å². The lowest BCUT2D eigenvalue weighted by atomic mass is 10.1. The molecule has 0 radical (unpaired) electrons. The molecule has 0 aliphatic rings. The molecule has 2 heterocycles. The van der Waals surface area contributed by atoms with Crippen LogP contribution in [0.15, 0.2) is 42.9 Å². The summed E-state index contributed by atoms with van der Waals surface area (Å²) in [4.78, 5) is 21.0. The van der Waals surface area contributed by atoms with Crippen molar-refractivity contribution in [1.29, 1.82) is 0 Å². The van der Waals surface area contributed by atoms with Gasteiger partial charge >= 0.3 is 5.97 Å². The second-order valence-electron chi connectivity index (χ2n) is 4.79. The van der Waals surface area contributed by atoms with Crippen LogP contribution >= 0.6 is 0 Å². The molecule has 0 unspecified atom stereocenters. The van der Waals surface area contributed by atoms with Gasteiger partial charge in [0.05, 0.1) is 0 Å². The quantitative estimate of drug-likeness (QED) is 0.854. The fraction of sp³-hybridized carbons (Fsp3) is 0.188. The van der Waals surface area contributed by atoms with E-state index in [1.165, 1.54) is 6.08 Å². The molecule has 0 fully saturated rings.